The molecule has 0 aliphatic rings. The summed E-state index contributed by atoms with van der Waals surface area (Å²) in [6.45, 7) is 2.25. The Labute approximate surface area is 126 Å². The summed E-state index contributed by atoms with van der Waals surface area (Å²) in [5.41, 5.74) is 0.429. The molecule has 0 atom stereocenters. The van der Waals surface area contributed by atoms with Crippen LogP contribution in [0.2, 0.25) is 10.0 Å². The predicted octanol–water partition coefficient (Wildman–Crippen LogP) is 4.76. The molecule has 0 heterocycles. The van der Waals surface area contributed by atoms with Gasteiger partial charge in [-0.15, -0.1) is 0 Å². The van der Waals surface area contributed by atoms with Crippen molar-refractivity contribution >= 4 is 29.0 Å². The van der Waals surface area contributed by atoms with E-state index in [9.17, 15) is 9.18 Å². The molecule has 0 N–H and O–H groups in total. The maximum Gasteiger partial charge on any atom is 0.194 e. The summed E-state index contributed by atoms with van der Waals surface area (Å²) in [4.78, 5) is 12.3. The van der Waals surface area contributed by atoms with Crippen LogP contribution >= 0.6 is 23.2 Å². The average molecular weight is 313 g/mol. The lowest BCUT2D eigenvalue weighted by atomic mass is 10.0. The van der Waals surface area contributed by atoms with Crippen LogP contribution in [0.4, 0.5) is 4.39 Å². The number of halogens is 3. The van der Waals surface area contributed by atoms with Gasteiger partial charge in [-0.05, 0) is 25.1 Å². The molecule has 2 aromatic rings. The van der Waals surface area contributed by atoms with Gasteiger partial charge in [-0.3, -0.25) is 4.79 Å². The van der Waals surface area contributed by atoms with Gasteiger partial charge in [0.25, 0.3) is 0 Å². The Bertz CT molecular complexity index is 656. The largest absolute Gasteiger partial charge is 0.492 e. The molecule has 0 radical (unpaired) electrons. The highest BCUT2D eigenvalue weighted by molar-refractivity contribution is 6.37. The van der Waals surface area contributed by atoms with Crippen molar-refractivity contribution in [3.05, 3.63) is 63.4 Å². The van der Waals surface area contributed by atoms with E-state index in [1.165, 1.54) is 30.3 Å². The first kappa shape index (κ1) is 14.8. The van der Waals surface area contributed by atoms with Crippen LogP contribution in [0.25, 0.3) is 0 Å². The fraction of sp³-hybridized carbons (Fsp3) is 0.133. The van der Waals surface area contributed by atoms with Gasteiger partial charge in [0, 0.05) is 17.2 Å². The lowest BCUT2D eigenvalue weighted by molar-refractivity contribution is 0.103. The zero-order chi connectivity index (χ0) is 14.7. The predicted molar refractivity (Wildman–Crippen MR) is 77.5 cm³/mol. The second-order valence-electron chi connectivity index (χ2n) is 4.03. The van der Waals surface area contributed by atoms with E-state index in [-0.39, 0.29) is 27.0 Å². The van der Waals surface area contributed by atoms with E-state index in [1.54, 1.807) is 0 Å². The molecule has 2 aromatic carbocycles. The number of benzene rings is 2. The quantitative estimate of drug-likeness (QED) is 0.761. The minimum Gasteiger partial charge on any atom is -0.492 e. The number of hydrogen-bond acceptors (Lipinski definition) is 2. The van der Waals surface area contributed by atoms with Gasteiger partial charge in [0.15, 0.2) is 5.78 Å². The number of ether oxygens (including phenoxy) is 1. The molecular formula is C15H11Cl2FO2. The summed E-state index contributed by atoms with van der Waals surface area (Å²) < 4.78 is 18.4. The lowest BCUT2D eigenvalue weighted by Gasteiger charge is -2.09. The molecule has 104 valence electrons. The first-order valence-corrected chi connectivity index (χ1v) is 6.70. The maximum absolute atomic E-state index is 13.2. The Morgan fingerprint density at radius 1 is 1.20 bits per heavy atom. The third kappa shape index (κ3) is 3.11. The second kappa shape index (κ2) is 6.25. The van der Waals surface area contributed by atoms with Crippen molar-refractivity contribution in [1.82, 2.24) is 0 Å². The Morgan fingerprint density at radius 2 is 1.95 bits per heavy atom. The van der Waals surface area contributed by atoms with Gasteiger partial charge in [0.2, 0.25) is 0 Å². The van der Waals surface area contributed by atoms with Gasteiger partial charge in [-0.1, -0.05) is 35.3 Å². The van der Waals surface area contributed by atoms with Crippen LogP contribution in [0.15, 0.2) is 36.4 Å². The van der Waals surface area contributed by atoms with Crippen molar-refractivity contribution < 1.29 is 13.9 Å². The number of rotatable bonds is 4. The van der Waals surface area contributed by atoms with Gasteiger partial charge >= 0.3 is 0 Å². The molecule has 0 aliphatic carbocycles. The molecular weight excluding hydrogens is 302 g/mol. The zero-order valence-corrected chi connectivity index (χ0v) is 12.1. The minimum atomic E-state index is -0.482. The molecule has 5 heteroatoms. The summed E-state index contributed by atoms with van der Waals surface area (Å²) in [5, 5.41) is 0.503. The number of carbonyl (C=O) groups excluding carboxylic acids is 1. The van der Waals surface area contributed by atoms with Gasteiger partial charge in [-0.2, -0.15) is 0 Å². The topological polar surface area (TPSA) is 26.3 Å². The smallest absolute Gasteiger partial charge is 0.194 e. The van der Waals surface area contributed by atoms with Crippen molar-refractivity contribution in [2.75, 3.05) is 6.61 Å². The van der Waals surface area contributed by atoms with Crippen LogP contribution in [0.1, 0.15) is 22.8 Å². The highest BCUT2D eigenvalue weighted by Gasteiger charge is 2.16. The van der Waals surface area contributed by atoms with Crippen LogP contribution in [-0.2, 0) is 0 Å². The number of hydrogen-bond donors (Lipinski definition) is 0. The van der Waals surface area contributed by atoms with Gasteiger partial charge in [-0.25, -0.2) is 4.39 Å². The van der Waals surface area contributed by atoms with E-state index >= 15 is 0 Å². The fourth-order valence-corrected chi connectivity index (χ4v) is 2.21. The van der Waals surface area contributed by atoms with E-state index in [4.69, 9.17) is 27.9 Å². The van der Waals surface area contributed by atoms with Crippen molar-refractivity contribution in [1.29, 1.82) is 0 Å². The van der Waals surface area contributed by atoms with E-state index in [2.05, 4.69) is 0 Å². The molecule has 0 bridgehead atoms. The standard InChI is InChI=1S/C15H11Cl2FO2/c1-2-20-14-8-12(16)11(7-13(14)17)15(19)9-4-3-5-10(18)6-9/h3-8H,2H2,1H3. The van der Waals surface area contributed by atoms with Gasteiger partial charge in [0.1, 0.15) is 11.6 Å². The van der Waals surface area contributed by atoms with E-state index in [0.29, 0.717) is 12.4 Å². The van der Waals surface area contributed by atoms with E-state index in [0.717, 1.165) is 6.07 Å². The van der Waals surface area contributed by atoms with Crippen molar-refractivity contribution in [2.45, 2.75) is 6.92 Å². The van der Waals surface area contributed by atoms with Crippen LogP contribution in [0.3, 0.4) is 0 Å². The molecule has 0 aromatic heterocycles. The lowest BCUT2D eigenvalue weighted by Crippen LogP contribution is -2.03. The molecule has 0 amide bonds. The van der Waals surface area contributed by atoms with Gasteiger partial charge < -0.3 is 4.74 Å². The van der Waals surface area contributed by atoms with Crippen LogP contribution in [0, 0.1) is 5.82 Å². The summed E-state index contributed by atoms with van der Waals surface area (Å²) in [6, 6.07) is 8.33. The van der Waals surface area contributed by atoms with Crippen molar-refractivity contribution in [3.63, 3.8) is 0 Å². The summed E-state index contributed by atoms with van der Waals surface area (Å²) >= 11 is 12.1. The van der Waals surface area contributed by atoms with E-state index in [1.807, 2.05) is 6.92 Å². The van der Waals surface area contributed by atoms with Crippen molar-refractivity contribution in [2.24, 2.45) is 0 Å². The molecule has 2 rings (SSSR count). The van der Waals surface area contributed by atoms with Crippen LogP contribution in [-0.4, -0.2) is 12.4 Å². The number of ketones is 1. The molecule has 0 spiro atoms. The fourth-order valence-electron chi connectivity index (χ4n) is 1.75. The molecule has 20 heavy (non-hydrogen) atoms. The monoisotopic (exact) mass is 312 g/mol. The number of carbonyl (C=O) groups is 1. The highest BCUT2D eigenvalue weighted by Crippen LogP contribution is 2.32. The Kier molecular flexibility index (Phi) is 4.63. The molecule has 2 nitrogen and oxygen atoms in total. The summed E-state index contributed by atoms with van der Waals surface area (Å²) in [7, 11) is 0. The second-order valence-corrected chi connectivity index (χ2v) is 4.85. The van der Waals surface area contributed by atoms with Crippen molar-refractivity contribution in [3.8, 4) is 5.75 Å². The molecule has 0 saturated carbocycles. The molecule has 0 saturated heterocycles. The van der Waals surface area contributed by atoms with Gasteiger partial charge in [0.05, 0.1) is 16.7 Å². The Balaban J connectivity index is 2.43. The first-order chi connectivity index (χ1) is 9.52. The van der Waals surface area contributed by atoms with Crippen LogP contribution in [0.5, 0.6) is 5.75 Å². The zero-order valence-electron chi connectivity index (χ0n) is 10.6. The molecule has 0 fully saturated rings. The third-order valence-corrected chi connectivity index (χ3v) is 3.26. The minimum absolute atomic E-state index is 0.214. The normalized spacial score (nSPS) is 10.4. The molecule has 0 aliphatic heterocycles. The SMILES string of the molecule is CCOc1cc(Cl)c(C(=O)c2cccc(F)c2)cc1Cl. The highest BCUT2D eigenvalue weighted by atomic mass is 35.5. The average Bonchev–Trinajstić information content (AvgIpc) is 2.42. The first-order valence-electron chi connectivity index (χ1n) is 5.95. The Hall–Kier alpha value is -1.58. The van der Waals surface area contributed by atoms with E-state index < -0.39 is 5.82 Å². The third-order valence-electron chi connectivity index (χ3n) is 2.65. The Morgan fingerprint density at radius 3 is 2.60 bits per heavy atom. The summed E-state index contributed by atoms with van der Waals surface area (Å²) in [5.74, 6) is -0.460. The molecule has 0 unspecified atom stereocenters. The summed E-state index contributed by atoms with van der Waals surface area (Å²) in [6.07, 6.45) is 0. The van der Waals surface area contributed by atoms with Crippen LogP contribution < -0.4 is 4.74 Å². The maximum atomic E-state index is 13.2.